The average molecular weight is 222 g/mol. The zero-order valence-electron chi connectivity index (χ0n) is 9.66. The van der Waals surface area contributed by atoms with E-state index >= 15 is 0 Å². The van der Waals surface area contributed by atoms with Crippen LogP contribution in [0.3, 0.4) is 0 Å². The molecule has 0 aromatic heterocycles. The Morgan fingerprint density at radius 1 is 1.50 bits per heavy atom. The van der Waals surface area contributed by atoms with Crippen LogP contribution in [-0.4, -0.2) is 17.6 Å². The molecule has 0 unspecified atom stereocenters. The van der Waals surface area contributed by atoms with Crippen molar-refractivity contribution >= 4 is 11.6 Å². The molecule has 0 saturated carbocycles. The lowest BCUT2D eigenvalue weighted by molar-refractivity contribution is 0.0949. The van der Waals surface area contributed by atoms with Crippen LogP contribution in [0, 0.1) is 5.92 Å². The molecule has 4 heteroatoms. The number of hydrogen-bond donors (Lipinski definition) is 3. The highest BCUT2D eigenvalue weighted by molar-refractivity contribution is 5.97. The van der Waals surface area contributed by atoms with Crippen molar-refractivity contribution in [3.8, 4) is 5.75 Å². The number of benzene rings is 1. The van der Waals surface area contributed by atoms with Crippen LogP contribution in [0.4, 0.5) is 5.69 Å². The van der Waals surface area contributed by atoms with Gasteiger partial charge in [0.25, 0.3) is 5.91 Å². The number of hydrogen-bond acceptors (Lipinski definition) is 3. The standard InChI is InChI=1S/C12H18N2O2/c1-8(2)5-6-14-12(16)10-4-3-9(13)7-11(10)15/h3-4,7-8,15H,5-6,13H2,1-2H3,(H,14,16). The maximum atomic E-state index is 11.6. The minimum Gasteiger partial charge on any atom is -0.507 e. The number of phenols is 1. The molecule has 0 aliphatic rings. The molecule has 0 aliphatic carbocycles. The van der Waals surface area contributed by atoms with E-state index in [-0.39, 0.29) is 17.2 Å². The average Bonchev–Trinajstić information content (AvgIpc) is 2.16. The van der Waals surface area contributed by atoms with Crippen LogP contribution in [0.15, 0.2) is 18.2 Å². The quantitative estimate of drug-likeness (QED) is 0.679. The first kappa shape index (κ1) is 12.4. The number of anilines is 1. The summed E-state index contributed by atoms with van der Waals surface area (Å²) in [6, 6.07) is 4.49. The number of carbonyl (C=O) groups excluding carboxylic acids is 1. The summed E-state index contributed by atoms with van der Waals surface area (Å²) in [5.74, 6) is 0.195. The van der Waals surface area contributed by atoms with Gasteiger partial charge in [0.1, 0.15) is 5.75 Å². The molecular weight excluding hydrogens is 204 g/mol. The highest BCUT2D eigenvalue weighted by Gasteiger charge is 2.10. The Morgan fingerprint density at radius 3 is 2.75 bits per heavy atom. The van der Waals surface area contributed by atoms with Crippen LogP contribution in [0.1, 0.15) is 30.6 Å². The highest BCUT2D eigenvalue weighted by atomic mass is 16.3. The summed E-state index contributed by atoms with van der Waals surface area (Å²) < 4.78 is 0. The van der Waals surface area contributed by atoms with Gasteiger partial charge in [-0.3, -0.25) is 4.79 Å². The van der Waals surface area contributed by atoms with Crippen molar-refractivity contribution in [2.24, 2.45) is 5.92 Å². The van der Waals surface area contributed by atoms with E-state index in [4.69, 9.17) is 5.73 Å². The molecule has 16 heavy (non-hydrogen) atoms. The van der Waals surface area contributed by atoms with Crippen LogP contribution >= 0.6 is 0 Å². The number of nitrogen functional groups attached to an aromatic ring is 1. The minimum absolute atomic E-state index is 0.0814. The number of carbonyl (C=O) groups is 1. The Balaban J connectivity index is 2.59. The lowest BCUT2D eigenvalue weighted by atomic mass is 10.1. The SMILES string of the molecule is CC(C)CCNC(=O)c1ccc(N)cc1O. The molecule has 0 spiro atoms. The van der Waals surface area contributed by atoms with E-state index in [1.165, 1.54) is 12.1 Å². The van der Waals surface area contributed by atoms with E-state index in [1.54, 1.807) is 6.07 Å². The fourth-order valence-electron chi connectivity index (χ4n) is 1.31. The number of nitrogens with one attached hydrogen (secondary N) is 1. The maximum absolute atomic E-state index is 11.6. The summed E-state index contributed by atoms with van der Waals surface area (Å²) in [5, 5.41) is 12.3. The van der Waals surface area contributed by atoms with E-state index in [0.717, 1.165) is 6.42 Å². The molecule has 1 amide bonds. The molecule has 4 nitrogen and oxygen atoms in total. The molecule has 0 saturated heterocycles. The maximum Gasteiger partial charge on any atom is 0.255 e. The van der Waals surface area contributed by atoms with Gasteiger partial charge in [0.2, 0.25) is 0 Å². The summed E-state index contributed by atoms with van der Waals surface area (Å²) in [7, 11) is 0. The fraction of sp³-hybridized carbons (Fsp3) is 0.417. The monoisotopic (exact) mass is 222 g/mol. The molecule has 0 fully saturated rings. The van der Waals surface area contributed by atoms with Gasteiger partial charge in [0.15, 0.2) is 0 Å². The van der Waals surface area contributed by atoms with Gasteiger partial charge in [-0.05, 0) is 24.5 Å². The van der Waals surface area contributed by atoms with Gasteiger partial charge < -0.3 is 16.2 Å². The van der Waals surface area contributed by atoms with Crippen molar-refractivity contribution in [1.29, 1.82) is 0 Å². The van der Waals surface area contributed by atoms with Gasteiger partial charge in [0.05, 0.1) is 5.56 Å². The molecule has 1 rings (SSSR count). The molecule has 0 atom stereocenters. The normalized spacial score (nSPS) is 10.4. The number of nitrogens with two attached hydrogens (primary N) is 1. The third-order valence-electron chi connectivity index (χ3n) is 2.27. The van der Waals surface area contributed by atoms with Gasteiger partial charge in [0, 0.05) is 18.3 Å². The summed E-state index contributed by atoms with van der Waals surface area (Å²) in [6.07, 6.45) is 0.918. The summed E-state index contributed by atoms with van der Waals surface area (Å²) in [5.41, 5.74) is 6.18. The van der Waals surface area contributed by atoms with Gasteiger partial charge in [-0.1, -0.05) is 13.8 Å². The first-order valence-corrected chi connectivity index (χ1v) is 5.37. The van der Waals surface area contributed by atoms with Crippen LogP contribution < -0.4 is 11.1 Å². The predicted octanol–water partition coefficient (Wildman–Crippen LogP) is 1.75. The van der Waals surface area contributed by atoms with E-state index in [9.17, 15) is 9.90 Å². The van der Waals surface area contributed by atoms with E-state index < -0.39 is 0 Å². The van der Waals surface area contributed by atoms with E-state index in [0.29, 0.717) is 18.2 Å². The summed E-state index contributed by atoms with van der Waals surface area (Å²) in [4.78, 5) is 11.6. The Bertz CT molecular complexity index is 375. The van der Waals surface area contributed by atoms with Gasteiger partial charge >= 0.3 is 0 Å². The first-order chi connectivity index (χ1) is 7.50. The lowest BCUT2D eigenvalue weighted by Crippen LogP contribution is -2.25. The fourth-order valence-corrected chi connectivity index (χ4v) is 1.31. The third-order valence-corrected chi connectivity index (χ3v) is 2.27. The van der Waals surface area contributed by atoms with Crippen molar-refractivity contribution in [3.05, 3.63) is 23.8 Å². The van der Waals surface area contributed by atoms with Crippen molar-refractivity contribution in [3.63, 3.8) is 0 Å². The van der Waals surface area contributed by atoms with Crippen LogP contribution in [-0.2, 0) is 0 Å². The largest absolute Gasteiger partial charge is 0.507 e. The van der Waals surface area contributed by atoms with Crippen LogP contribution in [0.5, 0.6) is 5.75 Å². The minimum atomic E-state index is -0.266. The number of aromatic hydroxyl groups is 1. The van der Waals surface area contributed by atoms with Gasteiger partial charge in [-0.15, -0.1) is 0 Å². The third kappa shape index (κ3) is 3.46. The second kappa shape index (κ2) is 5.39. The van der Waals surface area contributed by atoms with Crippen molar-refractivity contribution in [2.45, 2.75) is 20.3 Å². The summed E-state index contributed by atoms with van der Waals surface area (Å²) >= 11 is 0. The van der Waals surface area contributed by atoms with Crippen LogP contribution in [0.25, 0.3) is 0 Å². The number of rotatable bonds is 4. The lowest BCUT2D eigenvalue weighted by Gasteiger charge is -2.08. The zero-order chi connectivity index (χ0) is 12.1. The second-order valence-corrected chi connectivity index (χ2v) is 4.22. The smallest absolute Gasteiger partial charge is 0.255 e. The molecular formula is C12H18N2O2. The Morgan fingerprint density at radius 2 is 2.19 bits per heavy atom. The Kier molecular flexibility index (Phi) is 4.17. The molecule has 88 valence electrons. The van der Waals surface area contributed by atoms with Crippen molar-refractivity contribution in [1.82, 2.24) is 5.32 Å². The van der Waals surface area contributed by atoms with E-state index in [2.05, 4.69) is 19.2 Å². The Hall–Kier alpha value is -1.71. The van der Waals surface area contributed by atoms with Crippen molar-refractivity contribution in [2.75, 3.05) is 12.3 Å². The number of amides is 1. The van der Waals surface area contributed by atoms with Crippen molar-refractivity contribution < 1.29 is 9.90 Å². The second-order valence-electron chi connectivity index (χ2n) is 4.22. The molecule has 1 aromatic rings. The molecule has 4 N–H and O–H groups in total. The Labute approximate surface area is 95.5 Å². The molecule has 1 aromatic carbocycles. The first-order valence-electron chi connectivity index (χ1n) is 5.37. The van der Waals surface area contributed by atoms with Crippen LogP contribution in [0.2, 0.25) is 0 Å². The zero-order valence-corrected chi connectivity index (χ0v) is 9.66. The molecule has 0 bridgehead atoms. The molecule has 0 radical (unpaired) electrons. The van der Waals surface area contributed by atoms with Gasteiger partial charge in [-0.2, -0.15) is 0 Å². The topological polar surface area (TPSA) is 75.4 Å². The molecule has 0 aliphatic heterocycles. The number of phenolic OH excluding ortho intramolecular Hbond substituents is 1. The highest BCUT2D eigenvalue weighted by Crippen LogP contribution is 2.19. The summed E-state index contributed by atoms with van der Waals surface area (Å²) in [6.45, 7) is 4.79. The predicted molar refractivity (Wildman–Crippen MR) is 64.3 cm³/mol. The molecule has 0 heterocycles. The van der Waals surface area contributed by atoms with Gasteiger partial charge in [-0.25, -0.2) is 0 Å². The van der Waals surface area contributed by atoms with E-state index in [1.807, 2.05) is 0 Å².